The summed E-state index contributed by atoms with van der Waals surface area (Å²) >= 11 is 3.83. The van der Waals surface area contributed by atoms with Gasteiger partial charge in [0, 0.05) is 38.7 Å². The summed E-state index contributed by atoms with van der Waals surface area (Å²) < 4.78 is 37.9. The van der Waals surface area contributed by atoms with Crippen LogP contribution < -0.4 is 9.64 Å². The van der Waals surface area contributed by atoms with E-state index >= 15 is 0 Å². The smallest absolute Gasteiger partial charge is 0.345 e. The highest BCUT2D eigenvalue weighted by Gasteiger charge is 2.25. The molecular formula is C22H26N2O5S3. The van der Waals surface area contributed by atoms with E-state index in [-0.39, 0.29) is 10.5 Å². The van der Waals surface area contributed by atoms with Gasteiger partial charge in [-0.05, 0) is 35.9 Å². The molecule has 0 radical (unpaired) electrons. The number of thioether (sulfide) groups is 2. The van der Waals surface area contributed by atoms with Crippen LogP contribution in [0.5, 0.6) is 5.75 Å². The topological polar surface area (TPSA) is 76.2 Å². The lowest BCUT2D eigenvalue weighted by Crippen LogP contribution is -2.37. The van der Waals surface area contributed by atoms with Gasteiger partial charge in [0.2, 0.25) is 10.0 Å². The summed E-state index contributed by atoms with van der Waals surface area (Å²) in [6, 6.07) is 12.2. The normalized spacial score (nSPS) is 17.7. The molecule has 2 aromatic rings. The minimum atomic E-state index is -3.69. The van der Waals surface area contributed by atoms with Crippen LogP contribution in [0.4, 0.5) is 5.69 Å². The molecule has 0 N–H and O–H groups in total. The summed E-state index contributed by atoms with van der Waals surface area (Å²) in [5, 5.41) is 0. The number of sulfonamides is 1. The lowest BCUT2D eigenvalue weighted by atomic mass is 10.1. The van der Waals surface area contributed by atoms with Gasteiger partial charge in [-0.25, -0.2) is 17.5 Å². The number of carbonyl (C=O) groups excluding carboxylic acids is 1. The molecule has 0 aromatic heterocycles. The Morgan fingerprint density at radius 3 is 2.34 bits per heavy atom. The van der Waals surface area contributed by atoms with Crippen molar-refractivity contribution in [3.05, 3.63) is 53.6 Å². The van der Waals surface area contributed by atoms with Gasteiger partial charge in [0.25, 0.3) is 0 Å². The predicted molar refractivity (Wildman–Crippen MR) is 129 cm³/mol. The maximum absolute atomic E-state index is 13.2. The summed E-state index contributed by atoms with van der Waals surface area (Å²) in [6.07, 6.45) is 0. The average Bonchev–Trinajstić information content (AvgIpc) is 3.34. The second-order valence-corrected chi connectivity index (χ2v) is 12.5. The van der Waals surface area contributed by atoms with Crippen LogP contribution in [0, 0.1) is 0 Å². The Morgan fingerprint density at radius 1 is 1.06 bits per heavy atom. The number of esters is 1. The first-order valence-corrected chi connectivity index (χ1v) is 13.8. The molecule has 10 heteroatoms. The number of ether oxygens (including phenoxy) is 2. The molecule has 4 rings (SSSR count). The van der Waals surface area contributed by atoms with E-state index in [1.54, 1.807) is 18.2 Å². The van der Waals surface area contributed by atoms with Crippen LogP contribution in [0.15, 0.2) is 47.4 Å². The highest BCUT2D eigenvalue weighted by Crippen LogP contribution is 2.45. The molecule has 0 bridgehead atoms. The Balaban J connectivity index is 1.62. The van der Waals surface area contributed by atoms with Gasteiger partial charge >= 0.3 is 5.97 Å². The molecule has 0 saturated carbocycles. The van der Waals surface area contributed by atoms with Crippen molar-refractivity contribution in [2.45, 2.75) is 9.48 Å². The Kier molecular flexibility index (Phi) is 7.36. The highest BCUT2D eigenvalue weighted by atomic mass is 32.2. The van der Waals surface area contributed by atoms with Gasteiger partial charge in [-0.2, -0.15) is 0 Å². The molecule has 2 aromatic carbocycles. The lowest BCUT2D eigenvalue weighted by Gasteiger charge is -2.30. The zero-order valence-electron chi connectivity index (χ0n) is 18.0. The van der Waals surface area contributed by atoms with E-state index in [4.69, 9.17) is 9.47 Å². The fourth-order valence-corrected chi connectivity index (χ4v) is 7.32. The Hall–Kier alpha value is -1.72. The largest absolute Gasteiger partial charge is 0.423 e. The number of benzene rings is 2. The van der Waals surface area contributed by atoms with Crippen molar-refractivity contribution in [1.82, 2.24) is 4.31 Å². The molecule has 0 unspecified atom stereocenters. The van der Waals surface area contributed by atoms with Crippen LogP contribution in [0.3, 0.4) is 0 Å². The van der Waals surface area contributed by atoms with E-state index < -0.39 is 16.0 Å². The van der Waals surface area contributed by atoms with Gasteiger partial charge in [-0.3, -0.25) is 0 Å². The fraction of sp³-hybridized carbons (Fsp3) is 0.409. The third-order valence-corrected chi connectivity index (χ3v) is 10.2. The second-order valence-electron chi connectivity index (χ2n) is 7.60. The summed E-state index contributed by atoms with van der Waals surface area (Å²) in [4.78, 5) is 15.2. The molecular weight excluding hydrogens is 468 g/mol. The van der Waals surface area contributed by atoms with Gasteiger partial charge in [0.1, 0.15) is 5.75 Å². The number of morpholine rings is 1. The van der Waals surface area contributed by atoms with Crippen molar-refractivity contribution in [3.8, 4) is 5.75 Å². The molecule has 172 valence electrons. The number of rotatable bonds is 6. The molecule has 2 heterocycles. The van der Waals surface area contributed by atoms with Crippen molar-refractivity contribution in [1.29, 1.82) is 0 Å². The molecule has 2 fully saturated rings. The molecule has 32 heavy (non-hydrogen) atoms. The van der Waals surface area contributed by atoms with Crippen molar-refractivity contribution in [3.63, 3.8) is 0 Å². The summed E-state index contributed by atoms with van der Waals surface area (Å²) in [5.41, 5.74) is 2.07. The maximum atomic E-state index is 13.2. The number of hydrogen-bond donors (Lipinski definition) is 0. The molecule has 0 amide bonds. The molecule has 2 saturated heterocycles. The summed E-state index contributed by atoms with van der Waals surface area (Å²) in [6.45, 7) is 2.33. The molecule has 0 atom stereocenters. The molecule has 0 aliphatic carbocycles. The first kappa shape index (κ1) is 23.4. The second kappa shape index (κ2) is 10.0. The van der Waals surface area contributed by atoms with Gasteiger partial charge < -0.3 is 14.4 Å². The third-order valence-electron chi connectivity index (χ3n) is 5.30. The SMILES string of the molecule is CN(C)S(=O)(=O)c1ccc(N2CCOCC2)c(C(=O)Oc2ccc(C3SCCS3)cc2)c1. The van der Waals surface area contributed by atoms with E-state index in [9.17, 15) is 13.2 Å². The van der Waals surface area contributed by atoms with Crippen LogP contribution in [0.2, 0.25) is 0 Å². The van der Waals surface area contributed by atoms with Crippen molar-refractivity contribution in [2.75, 3.05) is 56.8 Å². The average molecular weight is 495 g/mol. The quantitative estimate of drug-likeness (QED) is 0.446. The monoisotopic (exact) mass is 494 g/mol. The zero-order valence-corrected chi connectivity index (χ0v) is 20.5. The number of carbonyl (C=O) groups is 1. The van der Waals surface area contributed by atoms with Gasteiger partial charge in [-0.1, -0.05) is 12.1 Å². The maximum Gasteiger partial charge on any atom is 0.345 e. The first-order chi connectivity index (χ1) is 15.4. The molecule has 0 spiro atoms. The Morgan fingerprint density at radius 2 is 1.72 bits per heavy atom. The minimum Gasteiger partial charge on any atom is -0.423 e. The Labute approximate surface area is 197 Å². The third kappa shape index (κ3) is 5.09. The van der Waals surface area contributed by atoms with Crippen LogP contribution in [-0.2, 0) is 14.8 Å². The van der Waals surface area contributed by atoms with E-state index in [0.717, 1.165) is 15.8 Å². The predicted octanol–water partition coefficient (Wildman–Crippen LogP) is 3.47. The lowest BCUT2D eigenvalue weighted by molar-refractivity contribution is 0.0734. The van der Waals surface area contributed by atoms with E-state index in [2.05, 4.69) is 0 Å². The van der Waals surface area contributed by atoms with Gasteiger partial charge in [-0.15, -0.1) is 23.5 Å². The van der Waals surface area contributed by atoms with Gasteiger partial charge in [0.15, 0.2) is 0 Å². The van der Waals surface area contributed by atoms with E-state index in [0.29, 0.717) is 42.3 Å². The number of hydrogen-bond acceptors (Lipinski definition) is 8. The van der Waals surface area contributed by atoms with E-state index in [1.165, 1.54) is 31.8 Å². The highest BCUT2D eigenvalue weighted by molar-refractivity contribution is 8.19. The van der Waals surface area contributed by atoms with Crippen molar-refractivity contribution >= 4 is 45.2 Å². The number of anilines is 1. The standard InChI is InChI=1S/C22H26N2O5S3/c1-23(2)32(26,27)18-7-8-20(24-9-11-28-12-10-24)19(15-18)21(25)29-17-5-3-16(4-6-17)22-30-13-14-31-22/h3-8,15,22H,9-14H2,1-2H3. The Bertz CT molecular complexity index is 1060. The van der Waals surface area contributed by atoms with Crippen LogP contribution in [0.1, 0.15) is 20.5 Å². The van der Waals surface area contributed by atoms with Crippen LogP contribution in [-0.4, -0.2) is 70.6 Å². The fourth-order valence-electron chi connectivity index (χ4n) is 3.54. The molecule has 2 aliphatic rings. The summed E-state index contributed by atoms with van der Waals surface area (Å²) in [7, 11) is -0.763. The van der Waals surface area contributed by atoms with Crippen LogP contribution >= 0.6 is 23.5 Å². The van der Waals surface area contributed by atoms with Crippen molar-refractivity contribution in [2.24, 2.45) is 0 Å². The number of nitrogens with zero attached hydrogens (tertiary/aromatic N) is 2. The molecule has 2 aliphatic heterocycles. The minimum absolute atomic E-state index is 0.0529. The summed E-state index contributed by atoms with van der Waals surface area (Å²) in [5.74, 6) is 2.13. The van der Waals surface area contributed by atoms with Crippen molar-refractivity contribution < 1.29 is 22.7 Å². The van der Waals surface area contributed by atoms with Crippen LogP contribution in [0.25, 0.3) is 0 Å². The molecule has 7 nitrogen and oxygen atoms in total. The first-order valence-electron chi connectivity index (χ1n) is 10.3. The van der Waals surface area contributed by atoms with E-state index in [1.807, 2.05) is 40.6 Å². The van der Waals surface area contributed by atoms with Gasteiger partial charge in [0.05, 0.1) is 33.9 Å². The zero-order chi connectivity index (χ0) is 22.7.